The van der Waals surface area contributed by atoms with Crippen LogP contribution in [0.3, 0.4) is 0 Å². The van der Waals surface area contributed by atoms with E-state index in [0.29, 0.717) is 37.3 Å². The number of ether oxygens (including phenoxy) is 2. The first-order valence-electron chi connectivity index (χ1n) is 10.8. The molecular formula is C23H28N2O5S2. The summed E-state index contributed by atoms with van der Waals surface area (Å²) >= 11 is 1.79. The molecule has 32 heavy (non-hydrogen) atoms. The molecule has 1 heterocycles. The number of carbonyl (C=O) groups is 1. The van der Waals surface area contributed by atoms with Crippen molar-refractivity contribution in [2.45, 2.75) is 40.7 Å². The highest BCUT2D eigenvalue weighted by molar-refractivity contribution is 8.00. The molecule has 4 rings (SSSR count). The molecule has 0 bridgehead atoms. The lowest BCUT2D eigenvalue weighted by molar-refractivity contribution is 0.0730. The van der Waals surface area contributed by atoms with Crippen molar-refractivity contribution >= 4 is 33.4 Å². The Kier molecular flexibility index (Phi) is 7.40. The molecule has 1 aliphatic carbocycles. The van der Waals surface area contributed by atoms with Gasteiger partial charge in [-0.25, -0.2) is 8.42 Å². The largest absolute Gasteiger partial charge is 0.496 e. The Hall–Kier alpha value is -2.07. The zero-order valence-electron chi connectivity index (χ0n) is 18.1. The van der Waals surface area contributed by atoms with Crippen molar-refractivity contribution in [2.75, 3.05) is 38.7 Å². The molecule has 1 saturated heterocycles. The molecule has 2 aromatic carbocycles. The van der Waals surface area contributed by atoms with Crippen molar-refractivity contribution in [3.8, 4) is 5.75 Å². The van der Waals surface area contributed by atoms with Crippen molar-refractivity contribution in [1.82, 2.24) is 4.31 Å². The molecule has 0 spiro atoms. The highest BCUT2D eigenvalue weighted by atomic mass is 32.2. The summed E-state index contributed by atoms with van der Waals surface area (Å²) in [6.07, 6.45) is 4.85. The lowest BCUT2D eigenvalue weighted by atomic mass is 10.2. The predicted octanol–water partition coefficient (Wildman–Crippen LogP) is 4.00. The van der Waals surface area contributed by atoms with Crippen molar-refractivity contribution in [2.24, 2.45) is 0 Å². The van der Waals surface area contributed by atoms with E-state index in [1.54, 1.807) is 11.8 Å². The standard InChI is InChI=1S/C23H28N2O5S2/c1-29-21-11-10-18(32(27,28)25-12-14-30-15-13-25)16-19(21)23(26)24-20-8-4-5-9-22(20)31-17-6-2-3-7-17/h4-5,8-11,16-17H,2-3,6-7,12-15H2,1H3,(H,24,26). The second kappa shape index (κ2) is 10.2. The Bertz CT molecular complexity index is 1060. The van der Waals surface area contributed by atoms with Gasteiger partial charge in [0.15, 0.2) is 0 Å². The van der Waals surface area contributed by atoms with Gasteiger partial charge >= 0.3 is 0 Å². The SMILES string of the molecule is COc1ccc(S(=O)(=O)N2CCOCC2)cc1C(=O)Nc1ccccc1SC1CCCC1. The maximum absolute atomic E-state index is 13.2. The summed E-state index contributed by atoms with van der Waals surface area (Å²) in [5.41, 5.74) is 0.903. The number of thioether (sulfide) groups is 1. The number of morpholine rings is 1. The van der Waals surface area contributed by atoms with Crippen LogP contribution in [0.1, 0.15) is 36.0 Å². The molecule has 1 N–H and O–H groups in total. The number of hydrogen-bond acceptors (Lipinski definition) is 6. The maximum atomic E-state index is 13.2. The molecule has 0 aromatic heterocycles. The molecular weight excluding hydrogens is 448 g/mol. The predicted molar refractivity (Wildman–Crippen MR) is 125 cm³/mol. The number of nitrogens with one attached hydrogen (secondary N) is 1. The van der Waals surface area contributed by atoms with Gasteiger partial charge in [0, 0.05) is 23.2 Å². The third kappa shape index (κ3) is 5.11. The van der Waals surface area contributed by atoms with E-state index in [-0.39, 0.29) is 10.5 Å². The Morgan fingerprint density at radius 2 is 1.84 bits per heavy atom. The minimum Gasteiger partial charge on any atom is -0.496 e. The van der Waals surface area contributed by atoms with Gasteiger partial charge in [-0.1, -0.05) is 25.0 Å². The van der Waals surface area contributed by atoms with E-state index >= 15 is 0 Å². The molecule has 1 aliphatic heterocycles. The summed E-state index contributed by atoms with van der Waals surface area (Å²) in [6.45, 7) is 1.31. The molecule has 172 valence electrons. The van der Waals surface area contributed by atoms with Gasteiger partial charge in [-0.05, 0) is 43.2 Å². The van der Waals surface area contributed by atoms with Crippen LogP contribution in [0, 0.1) is 0 Å². The van der Waals surface area contributed by atoms with Gasteiger partial charge in [0.2, 0.25) is 10.0 Å². The first-order chi connectivity index (χ1) is 15.5. The van der Waals surface area contributed by atoms with Crippen molar-refractivity contribution < 1.29 is 22.7 Å². The summed E-state index contributed by atoms with van der Waals surface area (Å²) in [5, 5.41) is 3.53. The second-order valence-corrected chi connectivity index (χ2v) is 11.1. The van der Waals surface area contributed by atoms with Crippen molar-refractivity contribution in [3.05, 3.63) is 48.0 Å². The van der Waals surface area contributed by atoms with Crippen LogP contribution in [0.5, 0.6) is 5.75 Å². The molecule has 2 aliphatic rings. The molecule has 1 amide bonds. The summed E-state index contributed by atoms with van der Waals surface area (Å²) in [4.78, 5) is 14.3. The topological polar surface area (TPSA) is 84.9 Å². The molecule has 2 fully saturated rings. The van der Waals surface area contributed by atoms with Crippen LogP contribution in [0.15, 0.2) is 52.3 Å². The third-order valence-corrected chi connectivity index (χ3v) is 9.06. The fourth-order valence-electron chi connectivity index (χ4n) is 4.01. The lowest BCUT2D eigenvalue weighted by Gasteiger charge is -2.26. The van der Waals surface area contributed by atoms with Crippen LogP contribution >= 0.6 is 11.8 Å². The fourth-order valence-corrected chi connectivity index (χ4v) is 6.78. The molecule has 7 nitrogen and oxygen atoms in total. The molecule has 2 aromatic rings. The van der Waals surface area contributed by atoms with E-state index in [1.165, 1.54) is 55.3 Å². The van der Waals surface area contributed by atoms with E-state index < -0.39 is 15.9 Å². The molecule has 9 heteroatoms. The highest BCUT2D eigenvalue weighted by Crippen LogP contribution is 2.38. The number of methoxy groups -OCH3 is 1. The fraction of sp³-hybridized carbons (Fsp3) is 0.435. The average Bonchev–Trinajstić information content (AvgIpc) is 3.33. The minimum absolute atomic E-state index is 0.0685. The summed E-state index contributed by atoms with van der Waals surface area (Å²) in [7, 11) is -2.26. The minimum atomic E-state index is -3.73. The molecule has 0 radical (unpaired) electrons. The number of sulfonamides is 1. The smallest absolute Gasteiger partial charge is 0.259 e. The molecule has 0 atom stereocenters. The first-order valence-corrected chi connectivity index (χ1v) is 13.1. The van der Waals surface area contributed by atoms with Gasteiger partial charge in [0.25, 0.3) is 5.91 Å². The van der Waals surface area contributed by atoms with Crippen LogP contribution in [-0.4, -0.2) is 57.3 Å². The Morgan fingerprint density at radius 1 is 1.12 bits per heavy atom. The number of amides is 1. The van der Waals surface area contributed by atoms with Crippen LogP contribution < -0.4 is 10.1 Å². The second-order valence-electron chi connectivity index (χ2n) is 7.85. The van der Waals surface area contributed by atoms with Crippen LogP contribution in [0.2, 0.25) is 0 Å². The average molecular weight is 477 g/mol. The van der Waals surface area contributed by atoms with Gasteiger partial charge in [0.05, 0.1) is 36.5 Å². The van der Waals surface area contributed by atoms with E-state index in [0.717, 1.165) is 10.6 Å². The van der Waals surface area contributed by atoms with E-state index in [2.05, 4.69) is 5.32 Å². The van der Waals surface area contributed by atoms with Crippen LogP contribution in [-0.2, 0) is 14.8 Å². The quantitative estimate of drug-likeness (QED) is 0.650. The highest BCUT2D eigenvalue weighted by Gasteiger charge is 2.28. The number of anilines is 1. The van der Waals surface area contributed by atoms with Gasteiger partial charge in [-0.15, -0.1) is 11.8 Å². The van der Waals surface area contributed by atoms with Gasteiger partial charge in [-0.3, -0.25) is 4.79 Å². The Labute approximate surface area is 193 Å². The van der Waals surface area contributed by atoms with E-state index in [4.69, 9.17) is 9.47 Å². The van der Waals surface area contributed by atoms with Gasteiger partial charge < -0.3 is 14.8 Å². The Balaban J connectivity index is 1.59. The third-order valence-electron chi connectivity index (χ3n) is 5.75. The number of carbonyl (C=O) groups excluding carboxylic acids is 1. The number of nitrogens with zero attached hydrogens (tertiary/aromatic N) is 1. The molecule has 0 unspecified atom stereocenters. The number of benzene rings is 2. The Morgan fingerprint density at radius 3 is 2.56 bits per heavy atom. The normalized spacial score (nSPS) is 17.9. The van der Waals surface area contributed by atoms with Gasteiger partial charge in [-0.2, -0.15) is 4.31 Å². The summed E-state index contributed by atoms with van der Waals surface area (Å²) in [5.74, 6) is -0.0790. The van der Waals surface area contributed by atoms with Crippen LogP contribution in [0.4, 0.5) is 5.69 Å². The van der Waals surface area contributed by atoms with Crippen LogP contribution in [0.25, 0.3) is 0 Å². The number of rotatable bonds is 7. The zero-order valence-corrected chi connectivity index (χ0v) is 19.7. The van der Waals surface area contributed by atoms with E-state index in [1.807, 2.05) is 24.3 Å². The van der Waals surface area contributed by atoms with E-state index in [9.17, 15) is 13.2 Å². The first kappa shape index (κ1) is 23.1. The molecule has 1 saturated carbocycles. The lowest BCUT2D eigenvalue weighted by Crippen LogP contribution is -2.40. The number of para-hydroxylation sites is 1. The summed E-state index contributed by atoms with van der Waals surface area (Å²) in [6, 6.07) is 12.1. The van der Waals surface area contributed by atoms with Crippen molar-refractivity contribution in [1.29, 1.82) is 0 Å². The monoisotopic (exact) mass is 476 g/mol. The number of hydrogen-bond donors (Lipinski definition) is 1. The summed E-state index contributed by atoms with van der Waals surface area (Å²) < 4.78 is 38.1. The van der Waals surface area contributed by atoms with Gasteiger partial charge in [0.1, 0.15) is 5.75 Å². The maximum Gasteiger partial charge on any atom is 0.259 e. The van der Waals surface area contributed by atoms with Crippen molar-refractivity contribution in [3.63, 3.8) is 0 Å². The zero-order chi connectivity index (χ0) is 22.6.